The van der Waals surface area contributed by atoms with Crippen molar-refractivity contribution in [3.63, 3.8) is 0 Å². The maximum absolute atomic E-state index is 5.71. The number of benzene rings is 1. The molecule has 0 aliphatic rings. The van der Waals surface area contributed by atoms with Crippen LogP contribution in [0, 0.1) is 13.8 Å². The molecule has 3 heteroatoms. The van der Waals surface area contributed by atoms with E-state index in [9.17, 15) is 0 Å². The van der Waals surface area contributed by atoms with E-state index < -0.39 is 0 Å². The van der Waals surface area contributed by atoms with E-state index in [1.54, 1.807) is 0 Å². The Bertz CT molecular complexity index is 668. The summed E-state index contributed by atoms with van der Waals surface area (Å²) in [5, 5.41) is 3.34. The quantitative estimate of drug-likeness (QED) is 0.400. The van der Waals surface area contributed by atoms with E-state index >= 15 is 0 Å². The summed E-state index contributed by atoms with van der Waals surface area (Å²) in [5.41, 5.74) is 17.9. The van der Waals surface area contributed by atoms with Crippen LogP contribution in [0.25, 0.3) is 6.08 Å². The Morgan fingerprint density at radius 3 is 2.46 bits per heavy atom. The van der Waals surface area contributed by atoms with Gasteiger partial charge in [0.15, 0.2) is 0 Å². The first-order valence-electron chi connectivity index (χ1n) is 9.43. The number of nitrogens with two attached hydrogens (primary N) is 2. The molecular weight excluding hydrogens is 318 g/mol. The van der Waals surface area contributed by atoms with E-state index in [4.69, 9.17) is 11.5 Å². The second-order valence-electron chi connectivity index (χ2n) is 6.80. The van der Waals surface area contributed by atoms with E-state index in [1.165, 1.54) is 22.3 Å². The molecule has 0 aliphatic heterocycles. The lowest BCUT2D eigenvalue weighted by Gasteiger charge is -2.17. The van der Waals surface area contributed by atoms with Crippen LogP contribution in [0.3, 0.4) is 0 Å². The second kappa shape index (κ2) is 11.4. The fourth-order valence-corrected chi connectivity index (χ4v) is 2.79. The predicted octanol–water partition coefficient (Wildman–Crippen LogP) is 4.68. The highest BCUT2D eigenvalue weighted by atomic mass is 14.9. The summed E-state index contributed by atoms with van der Waals surface area (Å²) in [4.78, 5) is 0. The molecule has 1 unspecified atom stereocenters. The lowest BCUT2D eigenvalue weighted by molar-refractivity contribution is 0.693. The Morgan fingerprint density at radius 1 is 1.15 bits per heavy atom. The molecule has 26 heavy (non-hydrogen) atoms. The van der Waals surface area contributed by atoms with Gasteiger partial charge in [-0.25, -0.2) is 0 Å². The zero-order valence-electron chi connectivity index (χ0n) is 16.6. The van der Waals surface area contributed by atoms with Crippen molar-refractivity contribution in [2.24, 2.45) is 11.5 Å². The first kappa shape index (κ1) is 21.8. The summed E-state index contributed by atoms with van der Waals surface area (Å²) < 4.78 is 0. The molecule has 0 saturated carbocycles. The highest BCUT2D eigenvalue weighted by Gasteiger charge is 2.11. The number of allylic oxidation sites excluding steroid dienone is 3. The Morgan fingerprint density at radius 2 is 1.85 bits per heavy atom. The molecule has 1 aromatic rings. The molecule has 0 aromatic heterocycles. The number of aryl methyl sites for hydroxylation is 2. The van der Waals surface area contributed by atoms with Crippen LogP contribution in [0.1, 0.15) is 54.4 Å². The standard InChI is InChI=1S/C23H35N3/c1-6-21(11-9-19(4)25)23-16-18(3)17(2)15-22(23)12-10-20(5)26-14-8-7-13-24/h9-12,15-16,21,26H,4-8,13-14,24-25H2,1-3H3/b11-9+,12-10+. The number of hydrogen-bond acceptors (Lipinski definition) is 3. The molecule has 0 fully saturated rings. The first-order valence-corrected chi connectivity index (χ1v) is 9.43. The van der Waals surface area contributed by atoms with E-state index in [1.807, 2.05) is 12.2 Å². The van der Waals surface area contributed by atoms with Crippen LogP contribution in [0.5, 0.6) is 0 Å². The average Bonchev–Trinajstić information content (AvgIpc) is 2.60. The maximum atomic E-state index is 5.71. The largest absolute Gasteiger partial charge is 0.399 e. The molecule has 0 aliphatic carbocycles. The van der Waals surface area contributed by atoms with Crippen LogP contribution in [0.2, 0.25) is 0 Å². The summed E-state index contributed by atoms with van der Waals surface area (Å²) in [6.07, 6.45) is 11.3. The van der Waals surface area contributed by atoms with Crippen molar-refractivity contribution in [2.75, 3.05) is 13.1 Å². The van der Waals surface area contributed by atoms with Gasteiger partial charge in [-0.3, -0.25) is 0 Å². The zero-order valence-corrected chi connectivity index (χ0v) is 16.6. The zero-order chi connectivity index (χ0) is 19.5. The SMILES string of the molecule is C=C(N)/C=C/C(CC)c1cc(C)c(C)cc1/C=C/C(=C)NCCCCN. The number of nitrogens with one attached hydrogen (secondary N) is 1. The average molecular weight is 354 g/mol. The van der Waals surface area contributed by atoms with Gasteiger partial charge in [-0.1, -0.05) is 44.4 Å². The third-order valence-electron chi connectivity index (χ3n) is 4.53. The molecule has 1 atom stereocenters. The highest BCUT2D eigenvalue weighted by molar-refractivity contribution is 5.60. The summed E-state index contributed by atoms with van der Waals surface area (Å²) in [7, 11) is 0. The lowest BCUT2D eigenvalue weighted by Crippen LogP contribution is -2.13. The van der Waals surface area contributed by atoms with E-state index in [2.05, 4.69) is 63.5 Å². The molecule has 0 spiro atoms. The molecule has 0 saturated heterocycles. The summed E-state index contributed by atoms with van der Waals surface area (Å²) in [6, 6.07) is 4.53. The van der Waals surface area contributed by atoms with Gasteiger partial charge in [0.05, 0.1) is 0 Å². The molecule has 1 aromatic carbocycles. The number of rotatable bonds is 11. The van der Waals surface area contributed by atoms with Gasteiger partial charge in [0.1, 0.15) is 0 Å². The fourth-order valence-electron chi connectivity index (χ4n) is 2.79. The van der Waals surface area contributed by atoms with Gasteiger partial charge in [0.25, 0.3) is 0 Å². The third kappa shape index (κ3) is 7.32. The van der Waals surface area contributed by atoms with Gasteiger partial charge in [-0.15, -0.1) is 0 Å². The molecule has 1 rings (SSSR count). The van der Waals surface area contributed by atoms with Gasteiger partial charge < -0.3 is 16.8 Å². The van der Waals surface area contributed by atoms with Crippen molar-refractivity contribution in [1.29, 1.82) is 0 Å². The van der Waals surface area contributed by atoms with E-state index in [-0.39, 0.29) is 0 Å². The second-order valence-corrected chi connectivity index (χ2v) is 6.80. The topological polar surface area (TPSA) is 64.1 Å². The lowest BCUT2D eigenvalue weighted by atomic mass is 9.88. The van der Waals surface area contributed by atoms with Crippen molar-refractivity contribution < 1.29 is 0 Å². The summed E-state index contributed by atoms with van der Waals surface area (Å²) in [5.74, 6) is 0.306. The minimum atomic E-state index is 0.306. The van der Waals surface area contributed by atoms with Gasteiger partial charge in [0, 0.05) is 23.9 Å². The minimum Gasteiger partial charge on any atom is -0.399 e. The summed E-state index contributed by atoms with van der Waals surface area (Å²) >= 11 is 0. The van der Waals surface area contributed by atoms with Gasteiger partial charge in [0.2, 0.25) is 0 Å². The fraction of sp³-hybridized carbons (Fsp3) is 0.391. The number of hydrogen-bond donors (Lipinski definition) is 3. The van der Waals surface area contributed by atoms with Crippen molar-refractivity contribution in [3.05, 3.63) is 77.2 Å². The highest BCUT2D eigenvalue weighted by Crippen LogP contribution is 2.29. The smallest absolute Gasteiger partial charge is 0.0267 e. The molecule has 0 heterocycles. The van der Waals surface area contributed by atoms with Gasteiger partial charge in [-0.05, 0) is 74.1 Å². The van der Waals surface area contributed by atoms with Crippen LogP contribution < -0.4 is 16.8 Å². The molecule has 142 valence electrons. The van der Waals surface area contributed by atoms with Gasteiger partial charge in [-0.2, -0.15) is 0 Å². The van der Waals surface area contributed by atoms with E-state index in [0.717, 1.165) is 38.0 Å². The van der Waals surface area contributed by atoms with Crippen molar-refractivity contribution in [3.8, 4) is 0 Å². The maximum Gasteiger partial charge on any atom is 0.0267 e. The normalized spacial score (nSPS) is 12.6. The monoisotopic (exact) mass is 353 g/mol. The van der Waals surface area contributed by atoms with Crippen LogP contribution in [-0.2, 0) is 0 Å². The molecule has 0 amide bonds. The first-order chi connectivity index (χ1) is 12.4. The molecular formula is C23H35N3. The van der Waals surface area contributed by atoms with Crippen molar-refractivity contribution in [1.82, 2.24) is 5.32 Å². The minimum absolute atomic E-state index is 0.306. The Hall–Kier alpha value is -2.26. The van der Waals surface area contributed by atoms with Crippen molar-refractivity contribution >= 4 is 6.08 Å². The molecule has 5 N–H and O–H groups in total. The summed E-state index contributed by atoms with van der Waals surface area (Å²) in [6.45, 7) is 16.0. The Labute approximate surface area is 159 Å². The Kier molecular flexibility index (Phi) is 9.53. The van der Waals surface area contributed by atoms with Gasteiger partial charge >= 0.3 is 0 Å². The molecule has 3 nitrogen and oxygen atoms in total. The predicted molar refractivity (Wildman–Crippen MR) is 116 cm³/mol. The molecule has 0 bridgehead atoms. The van der Waals surface area contributed by atoms with Crippen LogP contribution in [0.15, 0.2) is 54.9 Å². The molecule has 0 radical (unpaired) electrons. The van der Waals surface area contributed by atoms with Crippen molar-refractivity contribution in [2.45, 2.75) is 46.0 Å². The Balaban J connectivity index is 3.02. The van der Waals surface area contributed by atoms with Crippen LogP contribution in [0.4, 0.5) is 0 Å². The number of unbranched alkanes of at least 4 members (excludes halogenated alkanes) is 1. The van der Waals surface area contributed by atoms with E-state index in [0.29, 0.717) is 11.6 Å². The third-order valence-corrected chi connectivity index (χ3v) is 4.53. The van der Waals surface area contributed by atoms with Crippen LogP contribution >= 0.6 is 0 Å². The van der Waals surface area contributed by atoms with Crippen LogP contribution in [-0.4, -0.2) is 13.1 Å².